The second-order valence-corrected chi connectivity index (χ2v) is 6.06. The molecule has 1 N–H and O–H groups in total. The van der Waals surface area contributed by atoms with Crippen LogP contribution in [0.3, 0.4) is 0 Å². The maximum atomic E-state index is 11.6. The van der Waals surface area contributed by atoms with Crippen molar-refractivity contribution in [3.63, 3.8) is 0 Å². The molecular weight excluding hydrogens is 246 g/mol. The van der Waals surface area contributed by atoms with Gasteiger partial charge in [0, 0.05) is 26.1 Å². The summed E-state index contributed by atoms with van der Waals surface area (Å²) >= 11 is 0. The van der Waals surface area contributed by atoms with Gasteiger partial charge in [-0.25, -0.2) is 9.79 Å². The molecule has 108 valence electrons. The van der Waals surface area contributed by atoms with Crippen LogP contribution in [0.4, 0.5) is 4.79 Å². The van der Waals surface area contributed by atoms with Crippen molar-refractivity contribution in [1.82, 2.24) is 10.2 Å². The normalized spacial score (nSPS) is 22.8. The quantitative estimate of drug-likeness (QED) is 0.621. The fraction of sp³-hybridized carbons (Fsp3) is 0.769. The van der Waals surface area contributed by atoms with Gasteiger partial charge < -0.3 is 15.0 Å². The van der Waals surface area contributed by atoms with E-state index in [-0.39, 0.29) is 17.9 Å². The molecule has 2 amide bonds. The van der Waals surface area contributed by atoms with E-state index in [4.69, 9.17) is 4.74 Å². The highest BCUT2D eigenvalue weighted by Gasteiger charge is 2.35. The molecule has 0 atom stereocenters. The van der Waals surface area contributed by atoms with Crippen LogP contribution in [0.1, 0.15) is 33.6 Å². The maximum absolute atomic E-state index is 11.6. The molecule has 0 radical (unpaired) electrons. The summed E-state index contributed by atoms with van der Waals surface area (Å²) in [4.78, 5) is 28.7. The number of carbonyl (C=O) groups is 2. The first kappa shape index (κ1) is 15.5. The molecule has 0 spiro atoms. The lowest BCUT2D eigenvalue weighted by Crippen LogP contribution is -2.48. The molecule has 0 heterocycles. The minimum absolute atomic E-state index is 0.0124. The third-order valence-corrected chi connectivity index (χ3v) is 2.62. The van der Waals surface area contributed by atoms with E-state index in [2.05, 4.69) is 10.3 Å². The summed E-state index contributed by atoms with van der Waals surface area (Å²) in [5, 5.41) is 2.75. The Morgan fingerprint density at radius 2 is 1.89 bits per heavy atom. The van der Waals surface area contributed by atoms with Crippen molar-refractivity contribution < 1.29 is 14.3 Å². The highest BCUT2D eigenvalue weighted by molar-refractivity contribution is 5.87. The Kier molecular flexibility index (Phi) is 4.91. The van der Waals surface area contributed by atoms with Crippen LogP contribution in [0, 0.1) is 5.92 Å². The Morgan fingerprint density at radius 1 is 1.32 bits per heavy atom. The molecule has 1 fully saturated rings. The number of aliphatic imine (C=N–C) groups is 1. The lowest BCUT2D eigenvalue weighted by atomic mass is 9.80. The zero-order valence-corrected chi connectivity index (χ0v) is 12.3. The van der Waals surface area contributed by atoms with Crippen LogP contribution in [0.2, 0.25) is 0 Å². The lowest BCUT2D eigenvalue weighted by molar-refractivity contribution is -0.124. The van der Waals surface area contributed by atoms with E-state index >= 15 is 0 Å². The topological polar surface area (TPSA) is 71.0 Å². The summed E-state index contributed by atoms with van der Waals surface area (Å²) in [6.45, 7) is 5.45. The molecule has 6 heteroatoms. The number of hydrogen-bond acceptors (Lipinski definition) is 3. The molecule has 1 saturated carbocycles. The van der Waals surface area contributed by atoms with Crippen molar-refractivity contribution in [3.05, 3.63) is 0 Å². The molecule has 0 bridgehead atoms. The first-order valence-corrected chi connectivity index (χ1v) is 6.41. The smallest absolute Gasteiger partial charge is 0.407 e. The SMILES string of the molecule is CN(C)C=NC(=O)C1CC(NC(=O)OC(C)(C)C)C1. The van der Waals surface area contributed by atoms with Gasteiger partial charge in [0.05, 0.1) is 6.34 Å². The van der Waals surface area contributed by atoms with Crippen LogP contribution < -0.4 is 5.32 Å². The zero-order valence-electron chi connectivity index (χ0n) is 12.3. The van der Waals surface area contributed by atoms with Gasteiger partial charge in [0.15, 0.2) is 0 Å². The van der Waals surface area contributed by atoms with Crippen molar-refractivity contribution in [2.45, 2.75) is 45.3 Å². The number of nitrogens with one attached hydrogen (secondary N) is 1. The third-order valence-electron chi connectivity index (χ3n) is 2.62. The second-order valence-electron chi connectivity index (χ2n) is 6.06. The fourth-order valence-electron chi connectivity index (χ4n) is 1.69. The highest BCUT2D eigenvalue weighted by atomic mass is 16.6. The number of alkyl carbamates (subject to hydrolysis) is 1. The molecule has 0 aromatic rings. The Labute approximate surface area is 114 Å². The van der Waals surface area contributed by atoms with Gasteiger partial charge in [-0.3, -0.25) is 4.79 Å². The van der Waals surface area contributed by atoms with E-state index in [0.29, 0.717) is 12.8 Å². The Bertz CT molecular complexity index is 366. The van der Waals surface area contributed by atoms with Crippen LogP contribution in [0.25, 0.3) is 0 Å². The molecule has 1 aliphatic carbocycles. The minimum Gasteiger partial charge on any atom is -0.444 e. The summed E-state index contributed by atoms with van der Waals surface area (Å²) < 4.78 is 5.15. The van der Waals surface area contributed by atoms with Crippen molar-refractivity contribution in [2.75, 3.05) is 14.1 Å². The standard InChI is InChI=1S/C13H23N3O3/c1-13(2,3)19-12(18)15-10-6-9(7-10)11(17)14-8-16(4)5/h8-10H,6-7H2,1-5H3,(H,15,18). The summed E-state index contributed by atoms with van der Waals surface area (Å²) in [6, 6.07) is 0.0124. The first-order chi connectivity index (χ1) is 8.67. The van der Waals surface area contributed by atoms with Crippen molar-refractivity contribution in [1.29, 1.82) is 0 Å². The molecular formula is C13H23N3O3. The van der Waals surface area contributed by atoms with Gasteiger partial charge in [-0.1, -0.05) is 0 Å². The molecule has 1 rings (SSSR count). The van der Waals surface area contributed by atoms with Crippen LogP contribution >= 0.6 is 0 Å². The van der Waals surface area contributed by atoms with Gasteiger partial charge in [0.2, 0.25) is 5.91 Å². The van der Waals surface area contributed by atoms with E-state index in [1.807, 2.05) is 34.9 Å². The highest BCUT2D eigenvalue weighted by Crippen LogP contribution is 2.28. The van der Waals surface area contributed by atoms with Crippen LogP contribution in [0.15, 0.2) is 4.99 Å². The lowest BCUT2D eigenvalue weighted by Gasteiger charge is -2.34. The molecule has 0 aromatic heterocycles. The summed E-state index contributed by atoms with van der Waals surface area (Å²) in [6.07, 6.45) is 2.32. The van der Waals surface area contributed by atoms with Crippen molar-refractivity contribution in [2.24, 2.45) is 10.9 Å². The molecule has 0 saturated heterocycles. The van der Waals surface area contributed by atoms with Crippen LogP contribution in [0.5, 0.6) is 0 Å². The number of nitrogens with zero attached hydrogens (tertiary/aromatic N) is 2. The fourth-order valence-corrected chi connectivity index (χ4v) is 1.69. The average Bonchev–Trinajstić information content (AvgIpc) is 2.16. The van der Waals surface area contributed by atoms with Gasteiger partial charge >= 0.3 is 6.09 Å². The second kappa shape index (κ2) is 6.04. The predicted octanol–water partition coefficient (Wildman–Crippen LogP) is 1.41. The Morgan fingerprint density at radius 3 is 2.37 bits per heavy atom. The summed E-state index contributed by atoms with van der Waals surface area (Å²) in [5.74, 6) is -0.216. The van der Waals surface area contributed by atoms with E-state index < -0.39 is 11.7 Å². The monoisotopic (exact) mass is 269 g/mol. The number of ether oxygens (including phenoxy) is 1. The van der Waals surface area contributed by atoms with Crippen molar-refractivity contribution >= 4 is 18.3 Å². The molecule has 1 aliphatic rings. The molecule has 0 aromatic carbocycles. The van der Waals surface area contributed by atoms with E-state index in [1.165, 1.54) is 6.34 Å². The van der Waals surface area contributed by atoms with Gasteiger partial charge in [-0.05, 0) is 33.6 Å². The Hall–Kier alpha value is -1.59. The first-order valence-electron chi connectivity index (χ1n) is 6.41. The minimum atomic E-state index is -0.501. The van der Waals surface area contributed by atoms with Crippen LogP contribution in [-0.2, 0) is 9.53 Å². The average molecular weight is 269 g/mol. The number of rotatable bonds is 3. The van der Waals surface area contributed by atoms with Gasteiger partial charge in [-0.2, -0.15) is 0 Å². The van der Waals surface area contributed by atoms with E-state index in [1.54, 1.807) is 4.90 Å². The molecule has 6 nitrogen and oxygen atoms in total. The predicted molar refractivity (Wildman–Crippen MR) is 73.1 cm³/mol. The molecule has 0 aliphatic heterocycles. The number of hydrogen-bond donors (Lipinski definition) is 1. The molecule has 19 heavy (non-hydrogen) atoms. The summed E-state index contributed by atoms with van der Waals surface area (Å²) in [7, 11) is 3.62. The van der Waals surface area contributed by atoms with Gasteiger partial charge in [0.25, 0.3) is 0 Å². The number of amides is 2. The van der Waals surface area contributed by atoms with E-state index in [0.717, 1.165) is 0 Å². The number of carbonyl (C=O) groups excluding carboxylic acids is 2. The maximum Gasteiger partial charge on any atom is 0.407 e. The molecule has 0 unspecified atom stereocenters. The van der Waals surface area contributed by atoms with E-state index in [9.17, 15) is 9.59 Å². The largest absolute Gasteiger partial charge is 0.444 e. The van der Waals surface area contributed by atoms with Crippen LogP contribution in [-0.4, -0.2) is 49.0 Å². The summed E-state index contributed by atoms with van der Waals surface area (Å²) in [5.41, 5.74) is -0.501. The van der Waals surface area contributed by atoms with Gasteiger partial charge in [-0.15, -0.1) is 0 Å². The van der Waals surface area contributed by atoms with Gasteiger partial charge in [0.1, 0.15) is 5.60 Å². The van der Waals surface area contributed by atoms with Crippen molar-refractivity contribution in [3.8, 4) is 0 Å². The third kappa shape index (κ3) is 5.72. The zero-order chi connectivity index (χ0) is 14.6. The Balaban J connectivity index is 2.27.